The fraction of sp³-hybridized carbons (Fsp3) is 0.0588. The number of rotatable bonds is 4. The molecule has 1 aromatic carbocycles. The number of aromatic nitrogens is 2. The van der Waals surface area contributed by atoms with Crippen LogP contribution in [-0.2, 0) is 6.18 Å². The van der Waals surface area contributed by atoms with Crippen LogP contribution in [0.4, 0.5) is 18.9 Å². The summed E-state index contributed by atoms with van der Waals surface area (Å²) in [4.78, 5) is 13.8. The third-order valence-electron chi connectivity index (χ3n) is 3.60. The summed E-state index contributed by atoms with van der Waals surface area (Å²) in [5.74, 6) is 0.590. The zero-order chi connectivity index (χ0) is 20.5. The van der Waals surface area contributed by atoms with Crippen molar-refractivity contribution in [3.8, 4) is 11.3 Å². The van der Waals surface area contributed by atoms with E-state index in [1.165, 1.54) is 36.4 Å². The fourth-order valence-electron chi connectivity index (χ4n) is 2.29. The molecular formula is C17H9ClF3N3O4. The number of nitrogens with zero attached hydrogens (tertiary/aromatic N) is 3. The predicted octanol–water partition coefficient (Wildman–Crippen LogP) is 4.73. The van der Waals surface area contributed by atoms with Crippen molar-refractivity contribution >= 4 is 29.4 Å². The van der Waals surface area contributed by atoms with Crippen molar-refractivity contribution in [2.75, 3.05) is 0 Å². The number of nitro benzene ring substituents is 1. The number of non-ortho nitro benzene ring substituents is 1. The lowest BCUT2D eigenvalue weighted by Gasteiger charge is -2.10. The van der Waals surface area contributed by atoms with Crippen molar-refractivity contribution in [1.29, 1.82) is 0 Å². The number of benzene rings is 1. The molecule has 7 nitrogen and oxygen atoms in total. The summed E-state index contributed by atoms with van der Waals surface area (Å²) in [7, 11) is 0. The number of hydrogen-bond donors (Lipinski definition) is 0. The highest BCUT2D eigenvalue weighted by atomic mass is 35.5. The van der Waals surface area contributed by atoms with Crippen molar-refractivity contribution in [2.45, 2.75) is 6.18 Å². The van der Waals surface area contributed by atoms with Gasteiger partial charge < -0.3 is 9.62 Å². The van der Waals surface area contributed by atoms with Crippen molar-refractivity contribution < 1.29 is 27.2 Å². The van der Waals surface area contributed by atoms with Gasteiger partial charge in [0.2, 0.25) is 5.69 Å². The average Bonchev–Trinajstić information content (AvgIpc) is 3.08. The Hall–Kier alpha value is -3.40. The molecule has 0 spiro atoms. The molecule has 3 aromatic rings. The highest BCUT2D eigenvalue weighted by Gasteiger charge is 2.37. The Balaban J connectivity index is 1.85. The molecule has 0 bridgehead atoms. The lowest BCUT2D eigenvalue weighted by Crippen LogP contribution is -2.37. The minimum atomic E-state index is -4.81. The fourth-order valence-corrected chi connectivity index (χ4v) is 2.56. The van der Waals surface area contributed by atoms with Gasteiger partial charge in [-0.2, -0.15) is 13.2 Å². The van der Waals surface area contributed by atoms with Gasteiger partial charge in [0.1, 0.15) is 11.5 Å². The summed E-state index contributed by atoms with van der Waals surface area (Å²) < 4.78 is 43.4. The number of hydrogen-bond acceptors (Lipinski definition) is 5. The van der Waals surface area contributed by atoms with Gasteiger partial charge in [0, 0.05) is 23.8 Å². The SMILES string of the molecule is O=[N+]([O-])c1ccc(-c2ccc(C=Cc3cc(C(F)(F)F)[n+]([O-])cn3)o2)c(Cl)c1. The Morgan fingerprint density at radius 1 is 1.18 bits per heavy atom. The second-order valence-corrected chi connectivity index (χ2v) is 5.89. The third kappa shape index (κ3) is 4.12. The standard InChI is InChI=1S/C17H9ClF3N3O4/c18-14-8-11(24(26)27)2-5-13(14)15-6-4-12(28-15)3-1-10-7-16(17(19,20)21)23(25)9-22-10/h1-9H. The normalized spacial score (nSPS) is 11.9. The molecule has 0 saturated carbocycles. The van der Waals surface area contributed by atoms with Crippen molar-refractivity contribution in [3.63, 3.8) is 0 Å². The molecular weight excluding hydrogens is 403 g/mol. The molecule has 144 valence electrons. The van der Waals surface area contributed by atoms with Crippen molar-refractivity contribution in [3.05, 3.63) is 80.2 Å². The molecule has 3 rings (SSSR count). The Morgan fingerprint density at radius 2 is 1.93 bits per heavy atom. The topological polar surface area (TPSA) is 96.1 Å². The monoisotopic (exact) mass is 411 g/mol. The summed E-state index contributed by atoms with van der Waals surface area (Å²) in [6.45, 7) is 0. The van der Waals surface area contributed by atoms with Crippen LogP contribution in [0.2, 0.25) is 5.02 Å². The molecule has 2 aromatic heterocycles. The van der Waals surface area contributed by atoms with E-state index >= 15 is 0 Å². The van der Waals surface area contributed by atoms with Crippen LogP contribution in [0.15, 0.2) is 47.1 Å². The first-order valence-electron chi connectivity index (χ1n) is 7.54. The molecule has 0 radical (unpaired) electrons. The molecule has 0 aliphatic carbocycles. The van der Waals surface area contributed by atoms with Gasteiger partial charge in [-0.1, -0.05) is 11.6 Å². The first-order chi connectivity index (χ1) is 13.1. The highest BCUT2D eigenvalue weighted by molar-refractivity contribution is 6.33. The molecule has 0 fully saturated rings. The first kappa shape index (κ1) is 19.4. The summed E-state index contributed by atoms with van der Waals surface area (Å²) in [6, 6.07) is 7.57. The smallest absolute Gasteiger partial charge is 0.454 e. The van der Waals surface area contributed by atoms with E-state index in [4.69, 9.17) is 16.0 Å². The van der Waals surface area contributed by atoms with Crippen LogP contribution in [0.1, 0.15) is 17.1 Å². The maximum atomic E-state index is 12.8. The quantitative estimate of drug-likeness (QED) is 0.268. The third-order valence-corrected chi connectivity index (χ3v) is 3.91. The molecule has 0 aliphatic rings. The lowest BCUT2D eigenvalue weighted by molar-refractivity contribution is -0.632. The number of furan rings is 1. The maximum absolute atomic E-state index is 12.8. The van der Waals surface area contributed by atoms with Crippen LogP contribution in [0, 0.1) is 15.3 Å². The minimum absolute atomic E-state index is 0.0919. The van der Waals surface area contributed by atoms with Crippen LogP contribution >= 0.6 is 11.6 Å². The van der Waals surface area contributed by atoms with Crippen LogP contribution in [0.3, 0.4) is 0 Å². The maximum Gasteiger partial charge on any atom is 0.454 e. The molecule has 0 saturated heterocycles. The Labute approximate surface area is 160 Å². The molecule has 0 aliphatic heterocycles. The molecule has 28 heavy (non-hydrogen) atoms. The van der Waals surface area contributed by atoms with Crippen LogP contribution in [-0.4, -0.2) is 9.91 Å². The van der Waals surface area contributed by atoms with Gasteiger partial charge in [-0.05, 0) is 35.3 Å². The van der Waals surface area contributed by atoms with E-state index in [-0.39, 0.29) is 26.9 Å². The number of alkyl halides is 3. The van der Waals surface area contributed by atoms with Gasteiger partial charge in [-0.3, -0.25) is 10.1 Å². The summed E-state index contributed by atoms with van der Waals surface area (Å²) in [5.41, 5.74) is -1.24. The lowest BCUT2D eigenvalue weighted by atomic mass is 10.1. The summed E-state index contributed by atoms with van der Waals surface area (Å²) in [6.07, 6.45) is -1.68. The van der Waals surface area contributed by atoms with Crippen molar-refractivity contribution in [1.82, 2.24) is 4.98 Å². The van der Waals surface area contributed by atoms with E-state index in [1.54, 1.807) is 6.07 Å². The Morgan fingerprint density at radius 3 is 2.57 bits per heavy atom. The van der Waals surface area contributed by atoms with Gasteiger partial charge in [0.15, 0.2) is 5.69 Å². The molecule has 0 atom stereocenters. The largest absolute Gasteiger partial charge is 0.711 e. The van der Waals surface area contributed by atoms with Gasteiger partial charge in [-0.25, -0.2) is 4.73 Å². The predicted molar refractivity (Wildman–Crippen MR) is 92.9 cm³/mol. The minimum Gasteiger partial charge on any atom is -0.711 e. The molecule has 0 N–H and O–H groups in total. The second kappa shape index (κ2) is 7.31. The van der Waals surface area contributed by atoms with E-state index in [0.29, 0.717) is 23.7 Å². The van der Waals surface area contributed by atoms with Gasteiger partial charge >= 0.3 is 6.18 Å². The van der Waals surface area contributed by atoms with Crippen molar-refractivity contribution in [2.24, 2.45) is 0 Å². The average molecular weight is 412 g/mol. The van der Waals surface area contributed by atoms with Crippen LogP contribution in [0.5, 0.6) is 0 Å². The second-order valence-electron chi connectivity index (χ2n) is 5.48. The highest BCUT2D eigenvalue weighted by Crippen LogP contribution is 2.32. The van der Waals surface area contributed by atoms with E-state index in [9.17, 15) is 28.5 Å². The summed E-state index contributed by atoms with van der Waals surface area (Å²) in [5, 5.41) is 22.0. The zero-order valence-electron chi connectivity index (χ0n) is 13.7. The summed E-state index contributed by atoms with van der Waals surface area (Å²) >= 11 is 6.03. The number of halogens is 4. The van der Waals surface area contributed by atoms with Gasteiger partial charge in [0.05, 0.1) is 9.95 Å². The molecule has 11 heteroatoms. The molecule has 0 amide bonds. The first-order valence-corrected chi connectivity index (χ1v) is 7.91. The number of nitro groups is 1. The van der Waals surface area contributed by atoms with E-state index < -0.39 is 16.8 Å². The Kier molecular flexibility index (Phi) is 5.06. The van der Waals surface area contributed by atoms with E-state index in [2.05, 4.69) is 4.98 Å². The van der Waals surface area contributed by atoms with Crippen LogP contribution < -0.4 is 4.73 Å². The van der Waals surface area contributed by atoms with Crippen LogP contribution in [0.25, 0.3) is 23.5 Å². The van der Waals surface area contributed by atoms with Gasteiger partial charge in [0.25, 0.3) is 12.0 Å². The molecule has 2 heterocycles. The molecule has 0 unspecified atom stereocenters. The van der Waals surface area contributed by atoms with Gasteiger partial charge in [-0.15, -0.1) is 0 Å². The van der Waals surface area contributed by atoms with E-state index in [1.807, 2.05) is 0 Å². The zero-order valence-corrected chi connectivity index (χ0v) is 14.4. The Bertz CT molecular complexity index is 1080. The van der Waals surface area contributed by atoms with E-state index in [0.717, 1.165) is 0 Å².